The first-order valence-electron chi connectivity index (χ1n) is 6.79. The van der Waals surface area contributed by atoms with Gasteiger partial charge in [0.15, 0.2) is 0 Å². The molecule has 3 aliphatic rings. The average molecular weight is 296 g/mol. The van der Waals surface area contributed by atoms with Gasteiger partial charge in [0.1, 0.15) is 0 Å². The summed E-state index contributed by atoms with van der Waals surface area (Å²) < 4.78 is 0. The van der Waals surface area contributed by atoms with Gasteiger partial charge < -0.3 is 5.32 Å². The van der Waals surface area contributed by atoms with Gasteiger partial charge >= 0.3 is 0 Å². The number of fused-ring (bicyclic) bond motifs is 3. The highest BCUT2D eigenvalue weighted by molar-refractivity contribution is 5.80. The Hall–Kier alpha value is -2.03. The minimum Gasteiger partial charge on any atom is -0.323 e. The molecule has 114 valence electrons. The predicted molar refractivity (Wildman–Crippen MR) is 70.6 cm³/mol. The number of hydrogen-bond donors (Lipinski definition) is 1. The van der Waals surface area contributed by atoms with E-state index in [9.17, 15) is 25.0 Å². The largest absolute Gasteiger partial charge is 0.323 e. The summed E-state index contributed by atoms with van der Waals surface area (Å²) >= 11 is 0. The third-order valence-corrected chi connectivity index (χ3v) is 4.73. The zero-order valence-electron chi connectivity index (χ0n) is 11.6. The van der Waals surface area contributed by atoms with Gasteiger partial charge in [-0.25, -0.2) is 0 Å². The lowest BCUT2D eigenvalue weighted by Gasteiger charge is -2.47. The van der Waals surface area contributed by atoms with Crippen molar-refractivity contribution in [3.05, 3.63) is 31.5 Å². The second kappa shape index (κ2) is 4.23. The second-order valence-electron chi connectivity index (χ2n) is 6.32. The van der Waals surface area contributed by atoms with E-state index in [-0.39, 0.29) is 43.2 Å². The number of likely N-dealkylation sites (N-methyl/N-ethyl adjacent to an activating group) is 1. The summed E-state index contributed by atoms with van der Waals surface area (Å²) in [6, 6.07) is 0. The molecule has 2 heterocycles. The number of hydrogen-bond acceptors (Lipinski definition) is 6. The standard InChI is InChI=1S/C12H16N4O5/c1-14-6-11(15(18)19)4-8-2-3-9(17)13-10(8)12(5-11,7-14)16(20)21/h2-7H2,1H3,(H,13,17). The van der Waals surface area contributed by atoms with E-state index in [4.69, 9.17) is 0 Å². The van der Waals surface area contributed by atoms with Crippen molar-refractivity contribution in [3.8, 4) is 0 Å². The Morgan fingerprint density at radius 3 is 2.52 bits per heavy atom. The van der Waals surface area contributed by atoms with Crippen molar-refractivity contribution in [1.29, 1.82) is 0 Å². The molecule has 1 aliphatic carbocycles. The van der Waals surface area contributed by atoms with E-state index in [1.165, 1.54) is 0 Å². The van der Waals surface area contributed by atoms with Crippen molar-refractivity contribution in [2.45, 2.75) is 36.8 Å². The molecule has 21 heavy (non-hydrogen) atoms. The smallest absolute Gasteiger partial charge is 0.280 e. The Balaban J connectivity index is 2.18. The maximum absolute atomic E-state index is 11.7. The molecular formula is C12H16N4O5. The van der Waals surface area contributed by atoms with E-state index in [0.29, 0.717) is 17.7 Å². The first-order chi connectivity index (χ1) is 9.79. The Labute approximate surface area is 120 Å². The summed E-state index contributed by atoms with van der Waals surface area (Å²) in [7, 11) is 1.64. The topological polar surface area (TPSA) is 119 Å². The highest BCUT2D eigenvalue weighted by Crippen LogP contribution is 2.47. The fourth-order valence-electron chi connectivity index (χ4n) is 4.05. The van der Waals surface area contributed by atoms with Gasteiger partial charge in [-0.1, -0.05) is 0 Å². The quantitative estimate of drug-likeness (QED) is 0.562. The van der Waals surface area contributed by atoms with E-state index < -0.39 is 16.0 Å². The maximum atomic E-state index is 11.7. The maximum Gasteiger partial charge on any atom is 0.280 e. The van der Waals surface area contributed by atoms with Gasteiger partial charge in [-0.2, -0.15) is 0 Å². The first-order valence-corrected chi connectivity index (χ1v) is 6.79. The molecule has 0 spiro atoms. The minimum absolute atomic E-state index is 0.0781. The summed E-state index contributed by atoms with van der Waals surface area (Å²) in [5, 5.41) is 25.9. The molecule has 1 amide bonds. The zero-order valence-corrected chi connectivity index (χ0v) is 11.6. The molecule has 0 aromatic heterocycles. The first kappa shape index (κ1) is 13.9. The molecule has 2 unspecified atom stereocenters. The van der Waals surface area contributed by atoms with Crippen molar-refractivity contribution in [3.63, 3.8) is 0 Å². The molecule has 3 rings (SSSR count). The zero-order chi connectivity index (χ0) is 15.4. The van der Waals surface area contributed by atoms with E-state index in [1.807, 2.05) is 0 Å². The van der Waals surface area contributed by atoms with Crippen molar-refractivity contribution in [2.24, 2.45) is 0 Å². The molecule has 0 saturated carbocycles. The van der Waals surface area contributed by atoms with Gasteiger partial charge in [0.25, 0.3) is 5.54 Å². The van der Waals surface area contributed by atoms with Crippen LogP contribution in [0, 0.1) is 20.2 Å². The highest BCUT2D eigenvalue weighted by Gasteiger charge is 2.67. The molecule has 9 nitrogen and oxygen atoms in total. The Morgan fingerprint density at radius 2 is 1.90 bits per heavy atom. The molecule has 9 heteroatoms. The van der Waals surface area contributed by atoms with Gasteiger partial charge in [-0.05, 0) is 19.0 Å². The van der Waals surface area contributed by atoms with Crippen LogP contribution in [0.15, 0.2) is 11.3 Å². The molecule has 2 atom stereocenters. The van der Waals surface area contributed by atoms with Crippen LogP contribution >= 0.6 is 0 Å². The number of piperidine rings is 1. The Bertz CT molecular complexity index is 588. The Kier molecular flexibility index (Phi) is 2.81. The summed E-state index contributed by atoms with van der Waals surface area (Å²) in [5.41, 5.74) is -1.94. The molecule has 1 saturated heterocycles. The van der Waals surface area contributed by atoms with Crippen LogP contribution in [0.1, 0.15) is 25.7 Å². The Morgan fingerprint density at radius 1 is 1.19 bits per heavy atom. The van der Waals surface area contributed by atoms with E-state index in [1.54, 1.807) is 11.9 Å². The number of likely N-dealkylation sites (tertiary alicyclic amines) is 1. The number of nitrogens with one attached hydrogen (secondary N) is 1. The normalized spacial score (nSPS) is 36.0. The van der Waals surface area contributed by atoms with Crippen molar-refractivity contribution >= 4 is 5.91 Å². The highest BCUT2D eigenvalue weighted by atomic mass is 16.6. The molecule has 2 aliphatic heterocycles. The van der Waals surface area contributed by atoms with Crippen molar-refractivity contribution in [1.82, 2.24) is 10.2 Å². The lowest BCUT2D eigenvalue weighted by atomic mass is 9.66. The van der Waals surface area contributed by atoms with Gasteiger partial charge in [0.2, 0.25) is 11.4 Å². The predicted octanol–water partition coefficient (Wildman–Crippen LogP) is -0.0793. The van der Waals surface area contributed by atoms with E-state index >= 15 is 0 Å². The lowest BCUT2D eigenvalue weighted by Crippen LogP contribution is -2.69. The number of nitrogens with zero attached hydrogens (tertiary/aromatic N) is 3. The molecular weight excluding hydrogens is 280 g/mol. The van der Waals surface area contributed by atoms with Gasteiger partial charge in [-0.15, -0.1) is 0 Å². The van der Waals surface area contributed by atoms with E-state index in [0.717, 1.165) is 0 Å². The van der Waals surface area contributed by atoms with Crippen LogP contribution < -0.4 is 5.32 Å². The molecule has 0 aromatic carbocycles. The van der Waals surface area contributed by atoms with Gasteiger partial charge in [0.05, 0.1) is 25.2 Å². The van der Waals surface area contributed by atoms with Gasteiger partial charge in [0, 0.05) is 22.7 Å². The fraction of sp³-hybridized carbons (Fsp3) is 0.750. The van der Waals surface area contributed by atoms with Crippen molar-refractivity contribution in [2.75, 3.05) is 20.1 Å². The monoisotopic (exact) mass is 296 g/mol. The number of rotatable bonds is 2. The average Bonchev–Trinajstić information content (AvgIpc) is 2.39. The minimum atomic E-state index is -1.58. The summed E-state index contributed by atoms with van der Waals surface area (Å²) in [6.45, 7) is 0.273. The SMILES string of the molecule is CN1CC2([N+](=O)[O-])CC3=C(NC(=O)CC3)C([N+](=O)[O-])(C1)C2. The molecule has 0 radical (unpaired) electrons. The molecule has 1 fully saturated rings. The number of nitro groups is 2. The lowest BCUT2D eigenvalue weighted by molar-refractivity contribution is -0.622. The number of carbonyl (C=O) groups is 1. The fourth-order valence-corrected chi connectivity index (χ4v) is 4.05. The van der Waals surface area contributed by atoms with Crippen LogP contribution in [-0.2, 0) is 4.79 Å². The summed E-state index contributed by atoms with van der Waals surface area (Å²) in [5.74, 6) is -0.253. The summed E-state index contributed by atoms with van der Waals surface area (Å²) in [4.78, 5) is 35.7. The number of carbonyl (C=O) groups excluding carboxylic acids is 1. The molecule has 2 bridgehead atoms. The van der Waals surface area contributed by atoms with Gasteiger partial charge in [-0.3, -0.25) is 29.9 Å². The molecule has 0 aromatic rings. The third-order valence-electron chi connectivity index (χ3n) is 4.73. The second-order valence-corrected chi connectivity index (χ2v) is 6.32. The van der Waals surface area contributed by atoms with Crippen molar-refractivity contribution < 1.29 is 14.6 Å². The van der Waals surface area contributed by atoms with E-state index in [2.05, 4.69) is 5.32 Å². The number of amides is 1. The van der Waals surface area contributed by atoms with Crippen LogP contribution in [0.5, 0.6) is 0 Å². The van der Waals surface area contributed by atoms with Crippen LogP contribution in [0.3, 0.4) is 0 Å². The van der Waals surface area contributed by atoms with Crippen LogP contribution in [0.4, 0.5) is 0 Å². The van der Waals surface area contributed by atoms with Crippen LogP contribution in [0.25, 0.3) is 0 Å². The van der Waals surface area contributed by atoms with Crippen LogP contribution in [0.2, 0.25) is 0 Å². The third kappa shape index (κ3) is 1.84. The molecule has 1 N–H and O–H groups in total. The van der Waals surface area contributed by atoms with Crippen LogP contribution in [-0.4, -0.2) is 51.9 Å². The summed E-state index contributed by atoms with van der Waals surface area (Å²) in [6.07, 6.45) is 0.616.